The van der Waals surface area contributed by atoms with E-state index in [1.165, 1.54) is 19.3 Å². The van der Waals surface area contributed by atoms with Gasteiger partial charge in [-0.25, -0.2) is 0 Å². The molecule has 0 spiro atoms. The maximum Gasteiger partial charge on any atom is 0.160 e. The standard InChI is InChI=1S/C10H18O3/c11-9(4-3-8-1-2-8)7-10-12-5-6-13-10/h8-11H,1-7H2. The van der Waals surface area contributed by atoms with E-state index in [0.29, 0.717) is 19.6 Å². The molecule has 2 rings (SSSR count). The average Bonchev–Trinajstić information content (AvgIpc) is 2.82. The molecule has 0 aromatic rings. The second-order valence-corrected chi connectivity index (χ2v) is 4.08. The maximum atomic E-state index is 9.63. The Balaban J connectivity index is 1.56. The molecule has 0 bridgehead atoms. The number of aliphatic hydroxyl groups excluding tert-OH is 1. The quantitative estimate of drug-likeness (QED) is 0.703. The van der Waals surface area contributed by atoms with Crippen molar-refractivity contribution in [2.24, 2.45) is 5.92 Å². The van der Waals surface area contributed by atoms with Gasteiger partial charge in [0, 0.05) is 6.42 Å². The van der Waals surface area contributed by atoms with Crippen molar-refractivity contribution in [3.8, 4) is 0 Å². The fourth-order valence-corrected chi connectivity index (χ4v) is 1.72. The van der Waals surface area contributed by atoms with Gasteiger partial charge in [0.05, 0.1) is 19.3 Å². The Morgan fingerprint density at radius 1 is 1.23 bits per heavy atom. The fraction of sp³-hybridized carbons (Fsp3) is 1.00. The van der Waals surface area contributed by atoms with Gasteiger partial charge in [0.2, 0.25) is 0 Å². The minimum absolute atomic E-state index is 0.144. The molecule has 2 fully saturated rings. The Morgan fingerprint density at radius 3 is 2.54 bits per heavy atom. The highest BCUT2D eigenvalue weighted by molar-refractivity contribution is 4.74. The van der Waals surface area contributed by atoms with Gasteiger partial charge in [-0.15, -0.1) is 0 Å². The Bertz CT molecular complexity index is 150. The molecule has 1 aliphatic carbocycles. The summed E-state index contributed by atoms with van der Waals surface area (Å²) in [6.07, 6.45) is 5.08. The summed E-state index contributed by atoms with van der Waals surface area (Å²) in [5.74, 6) is 0.903. The second kappa shape index (κ2) is 4.40. The van der Waals surface area contributed by atoms with Crippen molar-refractivity contribution < 1.29 is 14.6 Å². The molecule has 76 valence electrons. The van der Waals surface area contributed by atoms with Crippen LogP contribution in [-0.4, -0.2) is 30.7 Å². The summed E-state index contributed by atoms with van der Waals surface area (Å²) >= 11 is 0. The van der Waals surface area contributed by atoms with Crippen LogP contribution in [0.2, 0.25) is 0 Å². The Labute approximate surface area is 79.0 Å². The summed E-state index contributed by atoms with van der Waals surface area (Å²) in [5, 5.41) is 9.63. The van der Waals surface area contributed by atoms with E-state index >= 15 is 0 Å². The van der Waals surface area contributed by atoms with Crippen LogP contribution in [0.5, 0.6) is 0 Å². The molecule has 3 nitrogen and oxygen atoms in total. The first kappa shape index (κ1) is 9.44. The molecule has 1 saturated heterocycles. The minimum atomic E-state index is -0.233. The van der Waals surface area contributed by atoms with Gasteiger partial charge in [0.25, 0.3) is 0 Å². The molecular formula is C10H18O3. The lowest BCUT2D eigenvalue weighted by molar-refractivity contribution is -0.0714. The van der Waals surface area contributed by atoms with Gasteiger partial charge >= 0.3 is 0 Å². The third-order valence-electron chi connectivity index (χ3n) is 2.76. The van der Waals surface area contributed by atoms with E-state index in [1.807, 2.05) is 0 Å². The van der Waals surface area contributed by atoms with Crippen LogP contribution < -0.4 is 0 Å². The summed E-state index contributed by atoms with van der Waals surface area (Å²) < 4.78 is 10.5. The van der Waals surface area contributed by atoms with Gasteiger partial charge in [-0.1, -0.05) is 12.8 Å². The Hall–Kier alpha value is -0.120. The number of aliphatic hydroxyl groups is 1. The van der Waals surface area contributed by atoms with Crippen molar-refractivity contribution in [2.45, 2.75) is 44.5 Å². The zero-order chi connectivity index (χ0) is 9.10. The van der Waals surface area contributed by atoms with E-state index in [0.717, 1.165) is 12.3 Å². The van der Waals surface area contributed by atoms with Gasteiger partial charge < -0.3 is 14.6 Å². The lowest BCUT2D eigenvalue weighted by atomic mass is 10.1. The highest BCUT2D eigenvalue weighted by atomic mass is 16.7. The number of rotatable bonds is 5. The van der Waals surface area contributed by atoms with Crippen LogP contribution in [0.15, 0.2) is 0 Å². The topological polar surface area (TPSA) is 38.7 Å². The SMILES string of the molecule is OC(CCC1CC1)CC1OCCO1. The van der Waals surface area contributed by atoms with Crippen LogP contribution in [-0.2, 0) is 9.47 Å². The lowest BCUT2D eigenvalue weighted by Gasteiger charge is -2.14. The molecule has 0 radical (unpaired) electrons. The van der Waals surface area contributed by atoms with Gasteiger partial charge in [-0.05, 0) is 18.8 Å². The van der Waals surface area contributed by atoms with Gasteiger partial charge in [-0.3, -0.25) is 0 Å². The van der Waals surface area contributed by atoms with Crippen LogP contribution in [0.3, 0.4) is 0 Å². The normalized spacial score (nSPS) is 26.5. The zero-order valence-corrected chi connectivity index (χ0v) is 7.95. The molecular weight excluding hydrogens is 168 g/mol. The van der Waals surface area contributed by atoms with Crippen LogP contribution in [0, 0.1) is 5.92 Å². The third-order valence-corrected chi connectivity index (χ3v) is 2.76. The van der Waals surface area contributed by atoms with Crippen molar-refractivity contribution >= 4 is 0 Å². The summed E-state index contributed by atoms with van der Waals surface area (Å²) in [5.41, 5.74) is 0. The molecule has 1 saturated carbocycles. The van der Waals surface area contributed by atoms with Gasteiger partial charge in [0.1, 0.15) is 0 Å². The Kier molecular flexibility index (Phi) is 3.19. The summed E-state index contributed by atoms with van der Waals surface area (Å²) in [6, 6.07) is 0. The van der Waals surface area contributed by atoms with Crippen molar-refractivity contribution in [2.75, 3.05) is 13.2 Å². The third kappa shape index (κ3) is 3.25. The van der Waals surface area contributed by atoms with Crippen molar-refractivity contribution in [3.63, 3.8) is 0 Å². The predicted molar refractivity (Wildman–Crippen MR) is 48.3 cm³/mol. The molecule has 13 heavy (non-hydrogen) atoms. The van der Waals surface area contributed by atoms with Crippen LogP contribution in [0.25, 0.3) is 0 Å². The predicted octanol–water partition coefficient (Wildman–Crippen LogP) is 1.30. The van der Waals surface area contributed by atoms with E-state index in [9.17, 15) is 5.11 Å². The molecule has 1 unspecified atom stereocenters. The molecule has 2 aliphatic rings. The van der Waals surface area contributed by atoms with Crippen molar-refractivity contribution in [1.29, 1.82) is 0 Å². The van der Waals surface area contributed by atoms with Crippen LogP contribution in [0.1, 0.15) is 32.1 Å². The molecule has 0 aromatic heterocycles. The molecule has 1 heterocycles. The maximum absolute atomic E-state index is 9.63. The van der Waals surface area contributed by atoms with E-state index in [4.69, 9.17) is 9.47 Å². The molecule has 1 atom stereocenters. The van der Waals surface area contributed by atoms with E-state index in [1.54, 1.807) is 0 Å². The first-order chi connectivity index (χ1) is 6.34. The highest BCUT2D eigenvalue weighted by Gasteiger charge is 2.24. The first-order valence-electron chi connectivity index (χ1n) is 5.26. The Morgan fingerprint density at radius 2 is 1.92 bits per heavy atom. The summed E-state index contributed by atoms with van der Waals surface area (Å²) in [4.78, 5) is 0. The van der Waals surface area contributed by atoms with Gasteiger partial charge in [0.15, 0.2) is 6.29 Å². The zero-order valence-electron chi connectivity index (χ0n) is 7.95. The monoisotopic (exact) mass is 186 g/mol. The summed E-state index contributed by atoms with van der Waals surface area (Å²) in [7, 11) is 0. The van der Waals surface area contributed by atoms with E-state index in [-0.39, 0.29) is 12.4 Å². The van der Waals surface area contributed by atoms with Crippen molar-refractivity contribution in [1.82, 2.24) is 0 Å². The molecule has 0 aromatic carbocycles. The molecule has 1 aliphatic heterocycles. The molecule has 3 heteroatoms. The highest BCUT2D eigenvalue weighted by Crippen LogP contribution is 2.34. The van der Waals surface area contributed by atoms with Crippen LogP contribution in [0.4, 0.5) is 0 Å². The second-order valence-electron chi connectivity index (χ2n) is 4.08. The smallest absolute Gasteiger partial charge is 0.160 e. The number of hydrogen-bond donors (Lipinski definition) is 1. The average molecular weight is 186 g/mol. The number of hydrogen-bond acceptors (Lipinski definition) is 3. The fourth-order valence-electron chi connectivity index (χ4n) is 1.72. The molecule has 0 amide bonds. The van der Waals surface area contributed by atoms with E-state index < -0.39 is 0 Å². The lowest BCUT2D eigenvalue weighted by Crippen LogP contribution is -2.18. The van der Waals surface area contributed by atoms with E-state index in [2.05, 4.69) is 0 Å². The van der Waals surface area contributed by atoms with Crippen LogP contribution >= 0.6 is 0 Å². The summed E-state index contributed by atoms with van der Waals surface area (Å²) in [6.45, 7) is 1.36. The number of ether oxygens (including phenoxy) is 2. The first-order valence-corrected chi connectivity index (χ1v) is 5.26. The van der Waals surface area contributed by atoms with Gasteiger partial charge in [-0.2, -0.15) is 0 Å². The molecule has 1 N–H and O–H groups in total. The van der Waals surface area contributed by atoms with Crippen molar-refractivity contribution in [3.05, 3.63) is 0 Å². The minimum Gasteiger partial charge on any atom is -0.393 e. The largest absolute Gasteiger partial charge is 0.393 e.